The third kappa shape index (κ3) is 3.07. The third-order valence-electron chi connectivity index (χ3n) is 3.52. The fraction of sp³-hybridized carbons (Fsp3) is 0.150. The average molecular weight is 306 g/mol. The quantitative estimate of drug-likeness (QED) is 0.463. The van der Waals surface area contributed by atoms with Gasteiger partial charge in [-0.15, -0.1) is 11.8 Å². The van der Waals surface area contributed by atoms with E-state index in [-0.39, 0.29) is 5.78 Å². The lowest BCUT2D eigenvalue weighted by molar-refractivity contribution is 0.104. The van der Waals surface area contributed by atoms with Crippen LogP contribution in [0.4, 0.5) is 0 Å². The highest BCUT2D eigenvalue weighted by atomic mass is 32.2. The molecule has 0 amide bonds. The van der Waals surface area contributed by atoms with Crippen LogP contribution >= 0.6 is 11.8 Å². The van der Waals surface area contributed by atoms with Crippen LogP contribution in [0.3, 0.4) is 0 Å². The van der Waals surface area contributed by atoms with Gasteiger partial charge in [0, 0.05) is 21.3 Å². The van der Waals surface area contributed by atoms with E-state index in [1.54, 1.807) is 11.8 Å². The Morgan fingerprint density at radius 2 is 1.55 bits per heavy atom. The maximum atomic E-state index is 12.8. The first-order valence-electron chi connectivity index (χ1n) is 7.44. The van der Waals surface area contributed by atoms with Crippen molar-refractivity contribution >= 4 is 28.3 Å². The van der Waals surface area contributed by atoms with Crippen LogP contribution in [0.15, 0.2) is 71.6 Å². The molecule has 0 aliphatic rings. The van der Waals surface area contributed by atoms with Crippen LogP contribution in [0.25, 0.3) is 10.8 Å². The molecule has 110 valence electrons. The van der Waals surface area contributed by atoms with Gasteiger partial charge < -0.3 is 0 Å². The summed E-state index contributed by atoms with van der Waals surface area (Å²) in [7, 11) is 0. The van der Waals surface area contributed by atoms with E-state index in [9.17, 15) is 4.79 Å². The van der Waals surface area contributed by atoms with Crippen molar-refractivity contribution in [2.45, 2.75) is 24.0 Å². The molecule has 0 unspecified atom stereocenters. The number of ketones is 1. The Bertz CT molecular complexity index is 798. The second-order valence-corrected chi connectivity index (χ2v) is 7.20. The van der Waals surface area contributed by atoms with E-state index in [2.05, 4.69) is 13.8 Å². The van der Waals surface area contributed by atoms with Crippen molar-refractivity contribution in [2.24, 2.45) is 0 Å². The van der Waals surface area contributed by atoms with Crippen molar-refractivity contribution in [2.75, 3.05) is 0 Å². The van der Waals surface area contributed by atoms with Gasteiger partial charge in [0.1, 0.15) is 0 Å². The third-order valence-corrected chi connectivity index (χ3v) is 4.54. The van der Waals surface area contributed by atoms with Crippen LogP contribution in [0.2, 0.25) is 0 Å². The van der Waals surface area contributed by atoms with Crippen molar-refractivity contribution in [3.05, 3.63) is 77.9 Å². The smallest absolute Gasteiger partial charge is 0.193 e. The van der Waals surface area contributed by atoms with E-state index in [1.165, 1.54) is 4.90 Å². The van der Waals surface area contributed by atoms with E-state index in [0.29, 0.717) is 5.25 Å². The summed E-state index contributed by atoms with van der Waals surface area (Å²) < 4.78 is 0. The molecule has 3 aromatic carbocycles. The second kappa shape index (κ2) is 6.37. The Labute approximate surface area is 135 Å². The van der Waals surface area contributed by atoms with Crippen LogP contribution in [-0.2, 0) is 0 Å². The van der Waals surface area contributed by atoms with Gasteiger partial charge in [0.2, 0.25) is 0 Å². The van der Waals surface area contributed by atoms with E-state index in [0.717, 1.165) is 21.9 Å². The first kappa shape index (κ1) is 14.9. The summed E-state index contributed by atoms with van der Waals surface area (Å²) in [5, 5.41) is 2.65. The molecule has 0 aliphatic carbocycles. The number of hydrogen-bond donors (Lipinski definition) is 0. The number of hydrogen-bond acceptors (Lipinski definition) is 2. The molecule has 3 rings (SSSR count). The van der Waals surface area contributed by atoms with Crippen LogP contribution in [0, 0.1) is 0 Å². The van der Waals surface area contributed by atoms with Crippen molar-refractivity contribution in [3.8, 4) is 0 Å². The molecule has 3 aromatic rings. The fourth-order valence-electron chi connectivity index (χ4n) is 2.54. The Morgan fingerprint density at radius 1 is 0.864 bits per heavy atom. The molecule has 22 heavy (non-hydrogen) atoms. The zero-order chi connectivity index (χ0) is 15.5. The summed E-state index contributed by atoms with van der Waals surface area (Å²) in [4.78, 5) is 14.0. The standard InChI is InChI=1S/C20H18OS/c1-14(2)22-17-12-10-16(11-13-17)20(21)19-9-5-7-15-6-3-4-8-18(15)19/h3-14H,1-2H3. The molecule has 1 nitrogen and oxygen atoms in total. The predicted molar refractivity (Wildman–Crippen MR) is 94.8 cm³/mol. The molecule has 2 heteroatoms. The van der Waals surface area contributed by atoms with Gasteiger partial charge in [-0.05, 0) is 35.0 Å². The monoisotopic (exact) mass is 306 g/mol. The second-order valence-electron chi connectivity index (χ2n) is 5.55. The number of carbonyl (C=O) groups is 1. The first-order valence-corrected chi connectivity index (χ1v) is 8.32. The fourth-order valence-corrected chi connectivity index (χ4v) is 3.37. The molecular formula is C20H18OS. The molecule has 0 atom stereocenters. The highest BCUT2D eigenvalue weighted by Crippen LogP contribution is 2.25. The predicted octanol–water partition coefficient (Wildman–Crippen LogP) is 5.57. The lowest BCUT2D eigenvalue weighted by Crippen LogP contribution is -2.02. The maximum Gasteiger partial charge on any atom is 0.193 e. The van der Waals surface area contributed by atoms with Gasteiger partial charge in [-0.1, -0.05) is 56.3 Å². The van der Waals surface area contributed by atoms with Crippen molar-refractivity contribution in [1.29, 1.82) is 0 Å². The topological polar surface area (TPSA) is 17.1 Å². The minimum absolute atomic E-state index is 0.0814. The Hall–Kier alpha value is -2.06. The Kier molecular flexibility index (Phi) is 4.30. The number of thioether (sulfide) groups is 1. The minimum atomic E-state index is 0.0814. The number of benzene rings is 3. The summed E-state index contributed by atoms with van der Waals surface area (Å²) in [6.07, 6.45) is 0. The normalized spacial score (nSPS) is 11.0. The van der Waals surface area contributed by atoms with E-state index < -0.39 is 0 Å². The van der Waals surface area contributed by atoms with E-state index >= 15 is 0 Å². The summed E-state index contributed by atoms with van der Waals surface area (Å²) >= 11 is 1.81. The van der Waals surface area contributed by atoms with Gasteiger partial charge >= 0.3 is 0 Å². The molecule has 0 radical (unpaired) electrons. The minimum Gasteiger partial charge on any atom is -0.289 e. The van der Waals surface area contributed by atoms with Gasteiger partial charge in [0.15, 0.2) is 5.78 Å². The van der Waals surface area contributed by atoms with Crippen molar-refractivity contribution in [3.63, 3.8) is 0 Å². The summed E-state index contributed by atoms with van der Waals surface area (Å²) in [5.41, 5.74) is 1.51. The molecule has 0 bridgehead atoms. The molecule has 0 fully saturated rings. The lowest BCUT2D eigenvalue weighted by Gasteiger charge is -2.08. The zero-order valence-corrected chi connectivity index (χ0v) is 13.6. The van der Waals surface area contributed by atoms with Crippen molar-refractivity contribution < 1.29 is 4.79 Å². The first-order chi connectivity index (χ1) is 10.6. The number of rotatable bonds is 4. The zero-order valence-electron chi connectivity index (χ0n) is 12.7. The number of fused-ring (bicyclic) bond motifs is 1. The Morgan fingerprint density at radius 3 is 2.27 bits per heavy atom. The van der Waals surface area contributed by atoms with Gasteiger partial charge in [-0.3, -0.25) is 4.79 Å². The molecule has 0 aromatic heterocycles. The highest BCUT2D eigenvalue weighted by molar-refractivity contribution is 7.99. The summed E-state index contributed by atoms with van der Waals surface area (Å²) in [6.45, 7) is 4.33. The molecule has 0 aliphatic heterocycles. The number of carbonyl (C=O) groups excluding carboxylic acids is 1. The van der Waals surface area contributed by atoms with Crippen LogP contribution in [-0.4, -0.2) is 11.0 Å². The van der Waals surface area contributed by atoms with Crippen LogP contribution < -0.4 is 0 Å². The summed E-state index contributed by atoms with van der Waals surface area (Å²) in [6, 6.07) is 21.8. The Balaban J connectivity index is 1.96. The van der Waals surface area contributed by atoms with E-state index in [1.807, 2.05) is 66.7 Å². The largest absolute Gasteiger partial charge is 0.289 e. The summed E-state index contributed by atoms with van der Waals surface area (Å²) in [5.74, 6) is 0.0814. The lowest BCUT2D eigenvalue weighted by atomic mass is 9.97. The van der Waals surface area contributed by atoms with Crippen molar-refractivity contribution in [1.82, 2.24) is 0 Å². The molecule has 0 heterocycles. The van der Waals surface area contributed by atoms with Crippen LogP contribution in [0.1, 0.15) is 29.8 Å². The van der Waals surface area contributed by atoms with Gasteiger partial charge in [-0.25, -0.2) is 0 Å². The molecule has 0 saturated heterocycles. The van der Waals surface area contributed by atoms with Gasteiger partial charge in [0.25, 0.3) is 0 Å². The molecule has 0 spiro atoms. The van der Waals surface area contributed by atoms with Gasteiger partial charge in [0.05, 0.1) is 0 Å². The van der Waals surface area contributed by atoms with Gasteiger partial charge in [-0.2, -0.15) is 0 Å². The molecule has 0 N–H and O–H groups in total. The molecule has 0 saturated carbocycles. The van der Waals surface area contributed by atoms with E-state index in [4.69, 9.17) is 0 Å². The average Bonchev–Trinajstić information content (AvgIpc) is 2.54. The maximum absolute atomic E-state index is 12.8. The molecular weight excluding hydrogens is 288 g/mol. The SMILES string of the molecule is CC(C)Sc1ccc(C(=O)c2cccc3ccccc23)cc1. The van der Waals surface area contributed by atoms with Crippen LogP contribution in [0.5, 0.6) is 0 Å². The highest BCUT2D eigenvalue weighted by Gasteiger charge is 2.12.